The zero-order chi connectivity index (χ0) is 23.8. The molecule has 0 aliphatic carbocycles. The highest BCUT2D eigenvalue weighted by molar-refractivity contribution is 6.66. The molecule has 1 saturated heterocycles. The van der Waals surface area contributed by atoms with Gasteiger partial charge >= 0.3 is 0 Å². The number of halogens is 1. The number of aromatic amines is 1. The Hall–Kier alpha value is -3.63. The molecule has 0 bridgehead atoms. The molecule has 34 heavy (non-hydrogen) atoms. The maximum atomic E-state index is 13.6. The molecule has 3 aromatic heterocycles. The average molecular weight is 479 g/mol. The first-order valence-electron chi connectivity index (χ1n) is 11.0. The first kappa shape index (κ1) is 22.2. The van der Waals surface area contributed by atoms with Gasteiger partial charge in [0, 0.05) is 30.6 Å². The van der Waals surface area contributed by atoms with Gasteiger partial charge in [0.2, 0.25) is 5.24 Å². The number of carbonyl (C=O) groups excluding carboxylic acids is 1. The third-order valence-electron chi connectivity index (χ3n) is 6.11. The number of H-pyrrole nitrogens is 1. The Morgan fingerprint density at radius 1 is 1.26 bits per heavy atom. The standard InChI is InChI=1S/C23H23ClN8O2/c1-13-6-7-17-16(9-29-30-17)21(13)32-12-28-19-20(23(32)34)26-11-27-22(19)31-10-14(2)25-8-15(31)4-3-5-18(24)33/h3,5-7,9,11-12,14-15,25H,4,8,10H2,1-2H3,(H,29,30)/b5-3-/t14-,15+/m1/s1. The lowest BCUT2D eigenvalue weighted by Gasteiger charge is -2.40. The normalized spacial score (nSPS) is 18.9. The SMILES string of the molecule is Cc1ccc2[nH]ncc2c1-n1cnc2c(N3C[C@@H](C)NC[C@@H]3C/C=C\C(=O)Cl)ncnc2c1=O. The fourth-order valence-electron chi connectivity index (χ4n) is 4.47. The maximum absolute atomic E-state index is 13.6. The van der Waals surface area contributed by atoms with E-state index in [2.05, 4.69) is 42.3 Å². The zero-order valence-corrected chi connectivity index (χ0v) is 19.5. The molecule has 0 unspecified atom stereocenters. The van der Waals surface area contributed by atoms with Crippen molar-refractivity contribution in [3.8, 4) is 5.69 Å². The van der Waals surface area contributed by atoms with Crippen LogP contribution in [0.15, 0.2) is 47.9 Å². The summed E-state index contributed by atoms with van der Waals surface area (Å²) < 4.78 is 1.51. The predicted octanol–water partition coefficient (Wildman–Crippen LogP) is 2.24. The number of carbonyl (C=O) groups is 1. The van der Waals surface area contributed by atoms with E-state index in [-0.39, 0.29) is 23.2 Å². The van der Waals surface area contributed by atoms with Gasteiger partial charge in [0.05, 0.1) is 17.4 Å². The van der Waals surface area contributed by atoms with Crippen LogP contribution in [0.2, 0.25) is 0 Å². The molecule has 4 heterocycles. The second kappa shape index (κ2) is 8.96. The van der Waals surface area contributed by atoms with Gasteiger partial charge in [-0.05, 0) is 49.6 Å². The average Bonchev–Trinajstić information content (AvgIpc) is 3.29. The topological polar surface area (TPSA) is 122 Å². The number of allylic oxidation sites excluding steroid dienone is 1. The largest absolute Gasteiger partial charge is 0.349 e. The summed E-state index contributed by atoms with van der Waals surface area (Å²) in [4.78, 5) is 40.3. The van der Waals surface area contributed by atoms with Crippen molar-refractivity contribution < 1.29 is 4.79 Å². The van der Waals surface area contributed by atoms with Gasteiger partial charge in [-0.3, -0.25) is 19.3 Å². The molecule has 0 amide bonds. The quantitative estimate of drug-likeness (QED) is 0.331. The highest BCUT2D eigenvalue weighted by atomic mass is 35.5. The second-order valence-corrected chi connectivity index (χ2v) is 8.81. The van der Waals surface area contributed by atoms with E-state index in [0.717, 1.165) is 22.2 Å². The molecule has 1 aliphatic rings. The van der Waals surface area contributed by atoms with Crippen LogP contribution in [-0.4, -0.2) is 60.1 Å². The van der Waals surface area contributed by atoms with Gasteiger partial charge in [-0.15, -0.1) is 0 Å². The molecule has 0 spiro atoms. The van der Waals surface area contributed by atoms with Gasteiger partial charge in [-0.25, -0.2) is 15.0 Å². The number of anilines is 1. The lowest BCUT2D eigenvalue weighted by atomic mass is 10.1. The molecule has 2 atom stereocenters. The summed E-state index contributed by atoms with van der Waals surface area (Å²) in [6, 6.07) is 4.08. The van der Waals surface area contributed by atoms with Crippen molar-refractivity contribution >= 4 is 44.6 Å². The summed E-state index contributed by atoms with van der Waals surface area (Å²) in [5.74, 6) is 0.594. The van der Waals surface area contributed by atoms with Gasteiger partial charge in [0.25, 0.3) is 5.56 Å². The molecule has 1 aromatic carbocycles. The predicted molar refractivity (Wildman–Crippen MR) is 131 cm³/mol. The Balaban J connectivity index is 1.62. The molecule has 2 N–H and O–H groups in total. The fraction of sp³-hybridized carbons (Fsp3) is 0.304. The third kappa shape index (κ3) is 3.95. The lowest BCUT2D eigenvalue weighted by Crippen LogP contribution is -2.56. The van der Waals surface area contributed by atoms with Crippen molar-refractivity contribution in [3.63, 3.8) is 0 Å². The number of benzene rings is 1. The van der Waals surface area contributed by atoms with Crippen LogP contribution in [0, 0.1) is 6.92 Å². The molecule has 10 nitrogen and oxygen atoms in total. The van der Waals surface area contributed by atoms with Gasteiger partial charge in [-0.2, -0.15) is 5.10 Å². The van der Waals surface area contributed by atoms with E-state index in [1.165, 1.54) is 23.3 Å². The van der Waals surface area contributed by atoms with Gasteiger partial charge < -0.3 is 10.2 Å². The Labute approximate surface area is 199 Å². The number of aryl methyl sites for hydroxylation is 1. The van der Waals surface area contributed by atoms with Crippen LogP contribution in [0.4, 0.5) is 5.82 Å². The number of hydrogen-bond donors (Lipinski definition) is 2. The highest BCUT2D eigenvalue weighted by Crippen LogP contribution is 2.27. The molecule has 4 aromatic rings. The van der Waals surface area contributed by atoms with Gasteiger partial charge in [-0.1, -0.05) is 12.1 Å². The Kier molecular flexibility index (Phi) is 5.84. The number of rotatable bonds is 5. The first-order valence-corrected chi connectivity index (χ1v) is 11.3. The van der Waals surface area contributed by atoms with Crippen molar-refractivity contribution in [1.29, 1.82) is 0 Å². The van der Waals surface area contributed by atoms with E-state index in [0.29, 0.717) is 30.8 Å². The van der Waals surface area contributed by atoms with Crippen LogP contribution >= 0.6 is 11.6 Å². The first-order chi connectivity index (χ1) is 16.4. The second-order valence-electron chi connectivity index (χ2n) is 8.43. The minimum atomic E-state index is -0.513. The number of hydrogen-bond acceptors (Lipinski definition) is 8. The summed E-state index contributed by atoms with van der Waals surface area (Å²) >= 11 is 5.44. The van der Waals surface area contributed by atoms with E-state index < -0.39 is 5.24 Å². The van der Waals surface area contributed by atoms with Crippen LogP contribution in [0.1, 0.15) is 18.9 Å². The summed E-state index contributed by atoms with van der Waals surface area (Å²) in [5, 5.41) is 10.8. The minimum absolute atomic E-state index is 0.00715. The third-order valence-corrected chi connectivity index (χ3v) is 6.23. The van der Waals surface area contributed by atoms with E-state index in [4.69, 9.17) is 11.6 Å². The smallest absolute Gasteiger partial charge is 0.284 e. The number of fused-ring (bicyclic) bond motifs is 2. The van der Waals surface area contributed by atoms with Crippen LogP contribution in [0.5, 0.6) is 0 Å². The molecule has 5 rings (SSSR count). The van der Waals surface area contributed by atoms with Crippen LogP contribution in [0.25, 0.3) is 27.6 Å². The lowest BCUT2D eigenvalue weighted by molar-refractivity contribution is -0.107. The zero-order valence-electron chi connectivity index (χ0n) is 18.7. The Bertz CT molecular complexity index is 1480. The van der Waals surface area contributed by atoms with Crippen LogP contribution in [-0.2, 0) is 4.79 Å². The number of nitrogens with one attached hydrogen (secondary N) is 2. The fourth-order valence-corrected chi connectivity index (χ4v) is 4.56. The molecule has 0 radical (unpaired) electrons. The number of aromatic nitrogens is 6. The van der Waals surface area contributed by atoms with Crippen molar-refractivity contribution in [1.82, 2.24) is 35.0 Å². The van der Waals surface area contributed by atoms with Crippen molar-refractivity contribution in [2.75, 3.05) is 18.0 Å². The van der Waals surface area contributed by atoms with Gasteiger partial charge in [0.15, 0.2) is 11.3 Å². The van der Waals surface area contributed by atoms with E-state index in [1.54, 1.807) is 12.3 Å². The molecule has 174 valence electrons. The van der Waals surface area contributed by atoms with E-state index in [9.17, 15) is 9.59 Å². The minimum Gasteiger partial charge on any atom is -0.349 e. The molecule has 11 heteroatoms. The molecule has 1 aliphatic heterocycles. The Morgan fingerprint density at radius 2 is 2.12 bits per heavy atom. The van der Waals surface area contributed by atoms with Crippen molar-refractivity contribution in [2.45, 2.75) is 32.4 Å². The van der Waals surface area contributed by atoms with E-state index in [1.807, 2.05) is 19.1 Å². The van der Waals surface area contributed by atoms with Crippen molar-refractivity contribution in [3.05, 3.63) is 59.1 Å². The summed E-state index contributed by atoms with van der Waals surface area (Å²) in [6.07, 6.45) is 8.32. The van der Waals surface area contributed by atoms with Crippen LogP contribution < -0.4 is 15.8 Å². The molecule has 0 saturated carbocycles. The molecular weight excluding hydrogens is 456 g/mol. The van der Waals surface area contributed by atoms with Gasteiger partial charge in [0.1, 0.15) is 18.2 Å². The summed E-state index contributed by atoms with van der Waals surface area (Å²) in [5.41, 5.74) is 2.87. The van der Waals surface area contributed by atoms with Crippen molar-refractivity contribution in [2.24, 2.45) is 0 Å². The molecule has 1 fully saturated rings. The molecular formula is C23H23ClN8O2. The monoisotopic (exact) mass is 478 g/mol. The Morgan fingerprint density at radius 3 is 2.94 bits per heavy atom. The maximum Gasteiger partial charge on any atom is 0.284 e. The number of nitrogens with zero attached hydrogens (tertiary/aromatic N) is 6. The summed E-state index contributed by atoms with van der Waals surface area (Å²) in [6.45, 7) is 5.37. The van der Waals surface area contributed by atoms with E-state index >= 15 is 0 Å². The highest BCUT2D eigenvalue weighted by Gasteiger charge is 2.28. The van der Waals surface area contributed by atoms with Crippen LogP contribution in [0.3, 0.4) is 0 Å². The number of piperazine rings is 1. The summed E-state index contributed by atoms with van der Waals surface area (Å²) in [7, 11) is 0.